The number of para-hydroxylation sites is 1. The van der Waals surface area contributed by atoms with Crippen LogP contribution in [0.2, 0.25) is 0 Å². The molecule has 0 amide bonds. The first-order valence-electron chi connectivity index (χ1n) is 6.41. The predicted molar refractivity (Wildman–Crippen MR) is 78.9 cm³/mol. The van der Waals surface area contributed by atoms with Crippen LogP contribution >= 0.6 is 0 Å². The van der Waals surface area contributed by atoms with Gasteiger partial charge >= 0.3 is 0 Å². The molecule has 0 aliphatic carbocycles. The number of hydrogen-bond acceptors (Lipinski definition) is 4. The monoisotopic (exact) mass is 285 g/mol. The average molecular weight is 285 g/mol. The molecule has 0 saturated carbocycles. The molecule has 108 valence electrons. The summed E-state index contributed by atoms with van der Waals surface area (Å²) in [6, 6.07) is 7.07. The van der Waals surface area contributed by atoms with E-state index < -0.39 is 10.0 Å². The largest absolute Gasteiger partial charge is 0.369 e. The molecule has 2 N–H and O–H groups in total. The van der Waals surface area contributed by atoms with E-state index in [9.17, 15) is 8.42 Å². The summed E-state index contributed by atoms with van der Waals surface area (Å²) in [4.78, 5) is 2.36. The lowest BCUT2D eigenvalue weighted by Gasteiger charge is -2.26. The zero-order chi connectivity index (χ0) is 14.5. The van der Waals surface area contributed by atoms with E-state index in [4.69, 9.17) is 5.73 Å². The van der Waals surface area contributed by atoms with Crippen molar-refractivity contribution in [2.75, 3.05) is 38.6 Å². The molecule has 0 aromatic heterocycles. The van der Waals surface area contributed by atoms with Gasteiger partial charge in [0.2, 0.25) is 10.0 Å². The van der Waals surface area contributed by atoms with Crippen LogP contribution in [-0.4, -0.2) is 46.5 Å². The molecule has 1 aromatic rings. The van der Waals surface area contributed by atoms with Crippen molar-refractivity contribution >= 4 is 15.7 Å². The molecular weight excluding hydrogens is 262 g/mol. The number of benzene rings is 1. The molecule has 19 heavy (non-hydrogen) atoms. The molecule has 0 aliphatic heterocycles. The summed E-state index contributed by atoms with van der Waals surface area (Å²) in [5.41, 5.74) is 6.34. The molecule has 0 radical (unpaired) electrons. The van der Waals surface area contributed by atoms with Gasteiger partial charge < -0.3 is 10.6 Å². The molecule has 1 rings (SSSR count). The second-order valence-electron chi connectivity index (χ2n) is 4.53. The predicted octanol–water partition coefficient (Wildman–Crippen LogP) is 1.11. The van der Waals surface area contributed by atoms with E-state index >= 15 is 0 Å². The quantitative estimate of drug-likeness (QED) is 0.815. The van der Waals surface area contributed by atoms with Crippen LogP contribution in [0.25, 0.3) is 0 Å². The van der Waals surface area contributed by atoms with Gasteiger partial charge in [-0.15, -0.1) is 0 Å². The minimum Gasteiger partial charge on any atom is -0.369 e. The highest BCUT2D eigenvalue weighted by Crippen LogP contribution is 2.26. The van der Waals surface area contributed by atoms with Gasteiger partial charge in [0.15, 0.2) is 0 Å². The van der Waals surface area contributed by atoms with Crippen LogP contribution in [-0.2, 0) is 10.0 Å². The van der Waals surface area contributed by atoms with Crippen LogP contribution in [0.4, 0.5) is 5.69 Å². The van der Waals surface area contributed by atoms with Gasteiger partial charge in [-0.25, -0.2) is 12.7 Å². The van der Waals surface area contributed by atoms with Gasteiger partial charge in [0.25, 0.3) is 0 Å². The molecule has 0 saturated heterocycles. The maximum absolute atomic E-state index is 12.3. The van der Waals surface area contributed by atoms with Crippen LogP contribution < -0.4 is 10.6 Å². The Hall–Kier alpha value is -1.11. The summed E-state index contributed by atoms with van der Waals surface area (Å²) >= 11 is 0. The summed E-state index contributed by atoms with van der Waals surface area (Å²) in [5, 5.41) is 0. The lowest BCUT2D eigenvalue weighted by Crippen LogP contribution is -2.32. The minimum atomic E-state index is -3.44. The van der Waals surface area contributed by atoms with Crippen molar-refractivity contribution in [2.24, 2.45) is 5.73 Å². The number of anilines is 1. The maximum atomic E-state index is 12.3. The third kappa shape index (κ3) is 3.68. The highest BCUT2D eigenvalue weighted by Gasteiger charge is 2.23. The van der Waals surface area contributed by atoms with Crippen molar-refractivity contribution in [1.82, 2.24) is 4.31 Å². The fraction of sp³-hybridized carbons (Fsp3) is 0.538. The van der Waals surface area contributed by atoms with E-state index in [0.29, 0.717) is 18.0 Å². The SMILES string of the molecule is CCCN(CCN)c1ccccc1S(=O)(=O)N(C)C. The smallest absolute Gasteiger partial charge is 0.244 e. The van der Waals surface area contributed by atoms with Gasteiger partial charge in [0, 0.05) is 33.7 Å². The Bertz CT molecular complexity index is 494. The fourth-order valence-electron chi connectivity index (χ4n) is 1.91. The molecule has 0 spiro atoms. The molecule has 0 unspecified atom stereocenters. The topological polar surface area (TPSA) is 66.6 Å². The number of rotatable bonds is 7. The second-order valence-corrected chi connectivity index (χ2v) is 6.65. The standard InChI is InChI=1S/C13H23N3O2S/c1-4-10-16(11-9-14)12-7-5-6-8-13(12)19(17,18)15(2)3/h5-8H,4,9-11,14H2,1-3H3. The van der Waals surface area contributed by atoms with Crippen LogP contribution in [0.15, 0.2) is 29.2 Å². The molecule has 0 aliphatic rings. The molecule has 0 heterocycles. The summed E-state index contributed by atoms with van der Waals surface area (Å²) in [6.45, 7) is 3.99. The average Bonchev–Trinajstić information content (AvgIpc) is 2.38. The lowest BCUT2D eigenvalue weighted by atomic mass is 10.2. The van der Waals surface area contributed by atoms with Gasteiger partial charge in [-0.3, -0.25) is 0 Å². The first kappa shape index (κ1) is 15.9. The van der Waals surface area contributed by atoms with Crippen molar-refractivity contribution in [1.29, 1.82) is 0 Å². The van der Waals surface area contributed by atoms with Crippen molar-refractivity contribution in [3.8, 4) is 0 Å². The number of hydrogen-bond donors (Lipinski definition) is 1. The lowest BCUT2D eigenvalue weighted by molar-refractivity contribution is 0.520. The van der Waals surface area contributed by atoms with Crippen LogP contribution in [0, 0.1) is 0 Å². The molecule has 5 nitrogen and oxygen atoms in total. The van der Waals surface area contributed by atoms with E-state index in [0.717, 1.165) is 18.7 Å². The third-order valence-corrected chi connectivity index (χ3v) is 4.72. The zero-order valence-electron chi connectivity index (χ0n) is 11.8. The summed E-state index contributed by atoms with van der Waals surface area (Å²) in [5.74, 6) is 0. The number of nitrogens with two attached hydrogens (primary N) is 1. The van der Waals surface area contributed by atoms with Gasteiger partial charge in [-0.2, -0.15) is 0 Å². The van der Waals surface area contributed by atoms with Crippen LogP contribution in [0.5, 0.6) is 0 Å². The van der Waals surface area contributed by atoms with Crippen LogP contribution in [0.1, 0.15) is 13.3 Å². The summed E-state index contributed by atoms with van der Waals surface area (Å²) < 4.78 is 25.9. The van der Waals surface area contributed by atoms with Crippen molar-refractivity contribution in [2.45, 2.75) is 18.2 Å². The summed E-state index contributed by atoms with van der Waals surface area (Å²) in [6.07, 6.45) is 0.941. The molecular formula is C13H23N3O2S. The van der Waals surface area contributed by atoms with E-state index in [1.54, 1.807) is 26.2 Å². The first-order valence-corrected chi connectivity index (χ1v) is 7.85. The van der Waals surface area contributed by atoms with Crippen molar-refractivity contribution in [3.63, 3.8) is 0 Å². The Morgan fingerprint density at radius 3 is 2.32 bits per heavy atom. The van der Waals surface area contributed by atoms with E-state index in [1.807, 2.05) is 17.0 Å². The molecule has 1 aromatic carbocycles. The molecule has 0 fully saturated rings. The van der Waals surface area contributed by atoms with Crippen molar-refractivity contribution in [3.05, 3.63) is 24.3 Å². The van der Waals surface area contributed by atoms with Crippen molar-refractivity contribution < 1.29 is 8.42 Å². The van der Waals surface area contributed by atoms with E-state index in [-0.39, 0.29) is 0 Å². The molecule has 0 atom stereocenters. The third-order valence-electron chi connectivity index (χ3n) is 2.86. The molecule has 6 heteroatoms. The molecule has 0 bridgehead atoms. The Labute approximate surface area is 116 Å². The maximum Gasteiger partial charge on any atom is 0.244 e. The van der Waals surface area contributed by atoms with Gasteiger partial charge in [-0.05, 0) is 18.6 Å². The Morgan fingerprint density at radius 2 is 1.79 bits per heavy atom. The van der Waals surface area contributed by atoms with E-state index in [2.05, 4.69) is 6.92 Å². The Morgan fingerprint density at radius 1 is 1.16 bits per heavy atom. The highest BCUT2D eigenvalue weighted by molar-refractivity contribution is 7.89. The number of nitrogens with zero attached hydrogens (tertiary/aromatic N) is 2. The van der Waals surface area contributed by atoms with Gasteiger partial charge in [-0.1, -0.05) is 19.1 Å². The van der Waals surface area contributed by atoms with Crippen LogP contribution in [0.3, 0.4) is 0 Å². The van der Waals surface area contributed by atoms with E-state index in [1.165, 1.54) is 4.31 Å². The zero-order valence-corrected chi connectivity index (χ0v) is 12.7. The van der Waals surface area contributed by atoms with Gasteiger partial charge in [0.1, 0.15) is 4.90 Å². The first-order chi connectivity index (χ1) is 8.95. The highest BCUT2D eigenvalue weighted by atomic mass is 32.2. The second kappa shape index (κ2) is 6.88. The van der Waals surface area contributed by atoms with Gasteiger partial charge in [0.05, 0.1) is 5.69 Å². The summed E-state index contributed by atoms with van der Waals surface area (Å²) in [7, 11) is -0.357. The normalized spacial score (nSPS) is 11.8. The Balaban J connectivity index is 3.28. The fourth-order valence-corrected chi connectivity index (χ4v) is 3.02. The Kier molecular flexibility index (Phi) is 5.78. The minimum absolute atomic E-state index is 0.335. The number of sulfonamides is 1.